The maximum Gasteiger partial charge on any atom is 0.204 e. The van der Waals surface area contributed by atoms with Crippen LogP contribution in [-0.4, -0.2) is 36.1 Å². The summed E-state index contributed by atoms with van der Waals surface area (Å²) in [4.78, 5) is 0. The second kappa shape index (κ2) is 6.19. The molecule has 3 rings (SSSR count). The standard InChI is InChI=1S/C18H16B2N4/c1-9-5-13(19)6-10(2)15(9)17-21-23-18(24-22-17)16-11(3)7-14(20)8-12(16)4/h5-8H,1-4H3. The molecule has 0 fully saturated rings. The largest absolute Gasteiger partial charge is 0.204 e. The Morgan fingerprint density at radius 3 is 1.04 bits per heavy atom. The summed E-state index contributed by atoms with van der Waals surface area (Å²) in [5, 5.41) is 17.1. The van der Waals surface area contributed by atoms with E-state index in [-0.39, 0.29) is 0 Å². The number of rotatable bonds is 2. The molecule has 0 unspecified atom stereocenters. The van der Waals surface area contributed by atoms with E-state index in [2.05, 4.69) is 20.4 Å². The second-order valence-electron chi connectivity index (χ2n) is 6.11. The molecule has 0 amide bonds. The predicted octanol–water partition coefficient (Wildman–Crippen LogP) is 1.42. The van der Waals surface area contributed by atoms with Gasteiger partial charge in [-0.2, -0.15) is 0 Å². The van der Waals surface area contributed by atoms with Crippen molar-refractivity contribution in [3.8, 4) is 22.8 Å². The molecule has 4 nitrogen and oxygen atoms in total. The summed E-state index contributed by atoms with van der Waals surface area (Å²) in [6.45, 7) is 7.91. The highest BCUT2D eigenvalue weighted by Crippen LogP contribution is 2.25. The van der Waals surface area contributed by atoms with E-state index in [9.17, 15) is 0 Å². The third-order valence-electron chi connectivity index (χ3n) is 4.04. The lowest BCUT2D eigenvalue weighted by atomic mass is 9.89. The second-order valence-corrected chi connectivity index (χ2v) is 6.11. The van der Waals surface area contributed by atoms with Gasteiger partial charge in [-0.15, -0.1) is 20.4 Å². The van der Waals surface area contributed by atoms with Gasteiger partial charge in [-0.1, -0.05) is 35.2 Å². The summed E-state index contributed by atoms with van der Waals surface area (Å²) in [6, 6.07) is 7.59. The lowest BCUT2D eigenvalue weighted by Crippen LogP contribution is -2.09. The summed E-state index contributed by atoms with van der Waals surface area (Å²) in [7, 11) is 11.7. The molecule has 6 heteroatoms. The zero-order chi connectivity index (χ0) is 17.4. The monoisotopic (exact) mass is 310 g/mol. The van der Waals surface area contributed by atoms with Crippen LogP contribution in [0.1, 0.15) is 22.3 Å². The topological polar surface area (TPSA) is 51.6 Å². The van der Waals surface area contributed by atoms with Crippen LogP contribution in [0.5, 0.6) is 0 Å². The summed E-state index contributed by atoms with van der Waals surface area (Å²) in [6.07, 6.45) is 0. The molecule has 0 spiro atoms. The molecule has 114 valence electrons. The predicted molar refractivity (Wildman–Crippen MR) is 98.2 cm³/mol. The highest BCUT2D eigenvalue weighted by molar-refractivity contribution is 6.32. The molecule has 0 saturated heterocycles. The molecule has 0 aliphatic heterocycles. The van der Waals surface area contributed by atoms with E-state index in [4.69, 9.17) is 15.7 Å². The number of benzene rings is 2. The minimum absolute atomic E-state index is 0.500. The first-order chi connectivity index (χ1) is 11.4. The van der Waals surface area contributed by atoms with Crippen molar-refractivity contribution < 1.29 is 0 Å². The molecular weight excluding hydrogens is 294 g/mol. The van der Waals surface area contributed by atoms with Crippen LogP contribution in [0.4, 0.5) is 0 Å². The number of aromatic nitrogens is 4. The van der Waals surface area contributed by atoms with Crippen LogP contribution in [0.15, 0.2) is 24.3 Å². The molecule has 3 aromatic rings. The third-order valence-corrected chi connectivity index (χ3v) is 4.04. The average Bonchev–Trinajstić information content (AvgIpc) is 2.46. The van der Waals surface area contributed by atoms with Crippen LogP contribution < -0.4 is 10.9 Å². The van der Waals surface area contributed by atoms with E-state index in [0.717, 1.165) is 44.3 Å². The first kappa shape index (κ1) is 16.4. The number of aryl methyl sites for hydroxylation is 4. The molecule has 2 aromatic carbocycles. The lowest BCUT2D eigenvalue weighted by Gasteiger charge is -2.11. The Bertz CT molecular complexity index is 798. The van der Waals surface area contributed by atoms with E-state index < -0.39 is 0 Å². The molecule has 0 N–H and O–H groups in total. The molecule has 0 atom stereocenters. The fraction of sp³-hybridized carbons (Fsp3) is 0.222. The van der Waals surface area contributed by atoms with Gasteiger partial charge in [-0.25, -0.2) is 0 Å². The van der Waals surface area contributed by atoms with Crippen molar-refractivity contribution in [2.75, 3.05) is 0 Å². The first-order valence-corrected chi connectivity index (χ1v) is 7.68. The van der Waals surface area contributed by atoms with Crippen molar-refractivity contribution in [1.29, 1.82) is 0 Å². The normalized spacial score (nSPS) is 10.8. The fourth-order valence-electron chi connectivity index (χ4n) is 3.13. The van der Waals surface area contributed by atoms with Gasteiger partial charge in [0.2, 0.25) is 11.6 Å². The zero-order valence-corrected chi connectivity index (χ0v) is 14.3. The maximum atomic E-state index is 5.87. The molecule has 0 aliphatic rings. The van der Waals surface area contributed by atoms with E-state index in [1.165, 1.54) is 0 Å². The van der Waals surface area contributed by atoms with E-state index in [0.29, 0.717) is 11.6 Å². The molecule has 1 heterocycles. The smallest absolute Gasteiger partial charge is 0.126 e. The van der Waals surface area contributed by atoms with Gasteiger partial charge >= 0.3 is 0 Å². The van der Waals surface area contributed by atoms with Gasteiger partial charge in [-0.3, -0.25) is 0 Å². The molecular formula is C18H16B2N4. The van der Waals surface area contributed by atoms with Crippen molar-refractivity contribution in [1.82, 2.24) is 20.4 Å². The van der Waals surface area contributed by atoms with Crippen LogP contribution in [0, 0.1) is 27.7 Å². The highest BCUT2D eigenvalue weighted by atomic mass is 15.3. The molecule has 1 aromatic heterocycles. The van der Waals surface area contributed by atoms with Crippen LogP contribution in [0.25, 0.3) is 22.8 Å². The SMILES string of the molecule is [B]c1cc(C)c(-c2nnc(-c3c(C)cc([B])cc3C)nn2)c(C)c1. The van der Waals surface area contributed by atoms with E-state index in [1.54, 1.807) is 0 Å². The Kier molecular flexibility index (Phi) is 4.22. The van der Waals surface area contributed by atoms with Crippen LogP contribution in [0.3, 0.4) is 0 Å². The Morgan fingerprint density at radius 1 is 0.542 bits per heavy atom. The third kappa shape index (κ3) is 2.96. The zero-order valence-electron chi connectivity index (χ0n) is 14.3. The van der Waals surface area contributed by atoms with Gasteiger partial charge in [0.05, 0.1) is 0 Å². The highest BCUT2D eigenvalue weighted by Gasteiger charge is 2.14. The molecule has 24 heavy (non-hydrogen) atoms. The minimum Gasteiger partial charge on any atom is -0.126 e. The van der Waals surface area contributed by atoms with E-state index >= 15 is 0 Å². The number of nitrogens with zero attached hydrogens (tertiary/aromatic N) is 4. The molecule has 0 aliphatic carbocycles. The molecule has 0 bridgehead atoms. The Balaban J connectivity index is 2.07. The first-order valence-electron chi connectivity index (χ1n) is 7.68. The van der Waals surface area contributed by atoms with Gasteiger partial charge in [0.15, 0.2) is 0 Å². The van der Waals surface area contributed by atoms with Crippen LogP contribution >= 0.6 is 0 Å². The van der Waals surface area contributed by atoms with Crippen molar-refractivity contribution in [3.63, 3.8) is 0 Å². The average molecular weight is 310 g/mol. The quantitative estimate of drug-likeness (QED) is 0.672. The maximum absolute atomic E-state index is 5.87. The van der Waals surface area contributed by atoms with Crippen molar-refractivity contribution in [2.45, 2.75) is 27.7 Å². The van der Waals surface area contributed by atoms with Gasteiger partial charge in [0.1, 0.15) is 15.7 Å². The summed E-state index contributed by atoms with van der Waals surface area (Å²) in [5.74, 6) is 0.999. The van der Waals surface area contributed by atoms with Gasteiger partial charge in [0, 0.05) is 11.1 Å². The van der Waals surface area contributed by atoms with Gasteiger partial charge in [0.25, 0.3) is 0 Å². The Hall–Kier alpha value is -2.49. The molecule has 0 saturated carbocycles. The Morgan fingerprint density at radius 2 is 0.792 bits per heavy atom. The van der Waals surface area contributed by atoms with Gasteiger partial charge in [-0.05, 0) is 49.9 Å². The van der Waals surface area contributed by atoms with Crippen LogP contribution in [-0.2, 0) is 0 Å². The lowest BCUT2D eigenvalue weighted by molar-refractivity contribution is 0.871. The molecule has 4 radical (unpaired) electrons. The van der Waals surface area contributed by atoms with Crippen molar-refractivity contribution in [3.05, 3.63) is 46.5 Å². The summed E-state index contributed by atoms with van der Waals surface area (Å²) in [5.41, 5.74) is 7.29. The van der Waals surface area contributed by atoms with Crippen molar-refractivity contribution in [2.24, 2.45) is 0 Å². The summed E-state index contributed by atoms with van der Waals surface area (Å²) < 4.78 is 0. The Labute approximate surface area is 144 Å². The number of hydrogen-bond donors (Lipinski definition) is 0. The summed E-state index contributed by atoms with van der Waals surface area (Å²) >= 11 is 0. The van der Waals surface area contributed by atoms with E-state index in [1.807, 2.05) is 52.0 Å². The van der Waals surface area contributed by atoms with Crippen LogP contribution in [0.2, 0.25) is 0 Å². The fourth-order valence-corrected chi connectivity index (χ4v) is 3.13. The van der Waals surface area contributed by atoms with Crippen molar-refractivity contribution >= 4 is 26.6 Å². The van der Waals surface area contributed by atoms with Gasteiger partial charge < -0.3 is 0 Å². The number of hydrogen-bond acceptors (Lipinski definition) is 4. The minimum atomic E-state index is 0.500.